The number of pyridine rings is 1. The molecular formula is C17H23NO. The highest BCUT2D eigenvalue weighted by molar-refractivity contribution is 5.88. The molecule has 1 aromatic rings. The van der Waals surface area contributed by atoms with Crippen molar-refractivity contribution >= 4 is 5.78 Å². The van der Waals surface area contributed by atoms with Crippen molar-refractivity contribution in [2.24, 2.45) is 5.92 Å². The predicted molar refractivity (Wildman–Crippen MR) is 76.1 cm³/mol. The topological polar surface area (TPSA) is 30.0 Å². The highest BCUT2D eigenvalue weighted by Gasteiger charge is 2.32. The first-order chi connectivity index (χ1) is 9.36. The summed E-state index contributed by atoms with van der Waals surface area (Å²) in [7, 11) is 0. The van der Waals surface area contributed by atoms with E-state index >= 15 is 0 Å². The molecule has 1 unspecified atom stereocenters. The third-order valence-corrected chi connectivity index (χ3v) is 4.80. The van der Waals surface area contributed by atoms with E-state index in [1.54, 1.807) is 0 Å². The van der Waals surface area contributed by atoms with Crippen molar-refractivity contribution in [3.63, 3.8) is 0 Å². The molecule has 0 amide bonds. The van der Waals surface area contributed by atoms with Gasteiger partial charge in [-0.15, -0.1) is 0 Å². The lowest BCUT2D eigenvalue weighted by molar-refractivity contribution is -0.125. The van der Waals surface area contributed by atoms with Gasteiger partial charge < -0.3 is 0 Å². The number of aryl methyl sites for hydroxylation is 1. The standard InChI is InChI=1S/C17H23NO/c19-17(14-7-3-1-2-4-8-14)15-11-5-9-13-10-6-12-18-16(13)15/h6,10,12,14-15H,1-5,7-9,11H2. The first-order valence-electron chi connectivity index (χ1n) is 7.84. The minimum atomic E-state index is 0.0908. The van der Waals surface area contributed by atoms with Crippen LogP contribution in [0.4, 0.5) is 0 Å². The quantitative estimate of drug-likeness (QED) is 0.748. The molecule has 0 aromatic carbocycles. The van der Waals surface area contributed by atoms with Crippen LogP contribution in [0.15, 0.2) is 18.3 Å². The maximum absolute atomic E-state index is 12.8. The van der Waals surface area contributed by atoms with E-state index in [-0.39, 0.29) is 5.92 Å². The van der Waals surface area contributed by atoms with Gasteiger partial charge in [-0.2, -0.15) is 0 Å². The fourth-order valence-corrected chi connectivity index (χ4v) is 3.73. The maximum atomic E-state index is 12.8. The highest BCUT2D eigenvalue weighted by Crippen LogP contribution is 2.35. The Morgan fingerprint density at radius 3 is 2.63 bits per heavy atom. The normalized spacial score (nSPS) is 24.5. The van der Waals surface area contributed by atoms with Crippen LogP contribution >= 0.6 is 0 Å². The molecule has 0 aliphatic heterocycles. The number of aromatic nitrogens is 1. The Balaban J connectivity index is 1.80. The zero-order valence-corrected chi connectivity index (χ0v) is 11.6. The summed E-state index contributed by atoms with van der Waals surface area (Å²) >= 11 is 0. The Bertz CT molecular complexity index is 446. The Kier molecular flexibility index (Phi) is 3.95. The first-order valence-corrected chi connectivity index (χ1v) is 7.84. The van der Waals surface area contributed by atoms with Gasteiger partial charge in [-0.3, -0.25) is 9.78 Å². The monoisotopic (exact) mass is 257 g/mol. The SMILES string of the molecule is O=C(C1CCCCCC1)C1CCCc2cccnc21. The molecule has 3 rings (SSSR count). The molecule has 0 N–H and O–H groups in total. The van der Waals surface area contributed by atoms with E-state index in [9.17, 15) is 4.79 Å². The van der Waals surface area contributed by atoms with Crippen molar-refractivity contribution in [2.45, 2.75) is 63.7 Å². The van der Waals surface area contributed by atoms with Crippen LogP contribution in [0.2, 0.25) is 0 Å². The Morgan fingerprint density at radius 1 is 1.05 bits per heavy atom. The number of nitrogens with zero attached hydrogens (tertiary/aromatic N) is 1. The molecule has 1 heterocycles. The predicted octanol–water partition coefficient (Wildman–Crippen LogP) is 4.04. The van der Waals surface area contributed by atoms with Crippen LogP contribution in [-0.2, 0) is 11.2 Å². The molecular weight excluding hydrogens is 234 g/mol. The molecule has 1 atom stereocenters. The van der Waals surface area contributed by atoms with Crippen LogP contribution in [0.5, 0.6) is 0 Å². The average Bonchev–Trinajstić information content (AvgIpc) is 2.75. The summed E-state index contributed by atoms with van der Waals surface area (Å²) in [6.45, 7) is 0. The van der Waals surface area contributed by atoms with E-state index < -0.39 is 0 Å². The minimum Gasteiger partial charge on any atom is -0.299 e. The highest BCUT2D eigenvalue weighted by atomic mass is 16.1. The van der Waals surface area contributed by atoms with E-state index in [1.165, 1.54) is 31.2 Å². The molecule has 2 heteroatoms. The lowest BCUT2D eigenvalue weighted by atomic mass is 9.78. The van der Waals surface area contributed by atoms with E-state index in [0.29, 0.717) is 11.7 Å². The Hall–Kier alpha value is -1.18. The van der Waals surface area contributed by atoms with Crippen LogP contribution < -0.4 is 0 Å². The van der Waals surface area contributed by atoms with Crippen LogP contribution in [0.3, 0.4) is 0 Å². The molecule has 2 aliphatic rings. The number of rotatable bonds is 2. The van der Waals surface area contributed by atoms with Gasteiger partial charge in [0.25, 0.3) is 0 Å². The van der Waals surface area contributed by atoms with Gasteiger partial charge in [0.1, 0.15) is 5.78 Å². The number of fused-ring (bicyclic) bond motifs is 1. The Morgan fingerprint density at radius 2 is 1.84 bits per heavy atom. The molecule has 0 spiro atoms. The summed E-state index contributed by atoms with van der Waals surface area (Å²) in [5.41, 5.74) is 2.39. The summed E-state index contributed by atoms with van der Waals surface area (Å²) in [4.78, 5) is 17.3. The number of carbonyl (C=O) groups excluding carboxylic acids is 1. The van der Waals surface area contributed by atoms with Gasteiger partial charge in [0.15, 0.2) is 0 Å². The largest absolute Gasteiger partial charge is 0.299 e. The lowest BCUT2D eigenvalue weighted by Crippen LogP contribution is -2.26. The summed E-state index contributed by atoms with van der Waals surface area (Å²) in [5.74, 6) is 0.884. The molecule has 0 radical (unpaired) electrons. The third-order valence-electron chi connectivity index (χ3n) is 4.80. The summed E-state index contributed by atoms with van der Waals surface area (Å²) in [5, 5.41) is 0. The minimum absolute atomic E-state index is 0.0908. The van der Waals surface area contributed by atoms with Crippen molar-refractivity contribution < 1.29 is 4.79 Å². The second kappa shape index (κ2) is 5.85. The molecule has 1 aromatic heterocycles. The van der Waals surface area contributed by atoms with Crippen LogP contribution in [-0.4, -0.2) is 10.8 Å². The van der Waals surface area contributed by atoms with Gasteiger partial charge in [0, 0.05) is 12.1 Å². The molecule has 2 nitrogen and oxygen atoms in total. The molecule has 0 bridgehead atoms. The van der Waals surface area contributed by atoms with E-state index in [2.05, 4.69) is 11.1 Å². The lowest BCUT2D eigenvalue weighted by Gasteiger charge is -2.26. The van der Waals surface area contributed by atoms with Crippen LogP contribution in [0, 0.1) is 5.92 Å². The smallest absolute Gasteiger partial charge is 0.144 e. The van der Waals surface area contributed by atoms with Crippen molar-refractivity contribution in [2.75, 3.05) is 0 Å². The molecule has 1 saturated carbocycles. The third kappa shape index (κ3) is 2.72. The fraction of sp³-hybridized carbons (Fsp3) is 0.647. The second-order valence-electron chi connectivity index (χ2n) is 6.08. The fourth-order valence-electron chi connectivity index (χ4n) is 3.73. The molecule has 0 saturated heterocycles. The number of carbonyl (C=O) groups is 1. The summed E-state index contributed by atoms with van der Waals surface area (Å²) in [6, 6.07) is 4.15. The summed E-state index contributed by atoms with van der Waals surface area (Å²) < 4.78 is 0. The van der Waals surface area contributed by atoms with Crippen LogP contribution in [0.1, 0.15) is 68.5 Å². The van der Waals surface area contributed by atoms with Crippen molar-refractivity contribution in [1.82, 2.24) is 4.98 Å². The summed E-state index contributed by atoms with van der Waals surface area (Å²) in [6.07, 6.45) is 12.4. The molecule has 19 heavy (non-hydrogen) atoms. The van der Waals surface area contributed by atoms with Gasteiger partial charge >= 0.3 is 0 Å². The molecule has 2 aliphatic carbocycles. The van der Waals surface area contributed by atoms with Crippen molar-refractivity contribution in [3.05, 3.63) is 29.6 Å². The zero-order chi connectivity index (χ0) is 13.1. The Labute approximate surface area is 115 Å². The van der Waals surface area contributed by atoms with E-state index in [0.717, 1.165) is 37.8 Å². The number of hydrogen-bond donors (Lipinski definition) is 0. The molecule has 102 valence electrons. The van der Waals surface area contributed by atoms with Crippen molar-refractivity contribution in [1.29, 1.82) is 0 Å². The van der Waals surface area contributed by atoms with Gasteiger partial charge in [-0.1, -0.05) is 31.7 Å². The van der Waals surface area contributed by atoms with Gasteiger partial charge in [-0.05, 0) is 43.7 Å². The maximum Gasteiger partial charge on any atom is 0.144 e. The second-order valence-corrected chi connectivity index (χ2v) is 6.08. The van der Waals surface area contributed by atoms with Gasteiger partial charge in [0.05, 0.1) is 11.6 Å². The van der Waals surface area contributed by atoms with E-state index in [4.69, 9.17) is 0 Å². The zero-order valence-electron chi connectivity index (χ0n) is 11.6. The molecule has 1 fully saturated rings. The number of ketones is 1. The number of hydrogen-bond acceptors (Lipinski definition) is 2. The van der Waals surface area contributed by atoms with Crippen molar-refractivity contribution in [3.8, 4) is 0 Å². The van der Waals surface area contributed by atoms with Gasteiger partial charge in [-0.25, -0.2) is 0 Å². The van der Waals surface area contributed by atoms with E-state index in [1.807, 2.05) is 12.3 Å². The number of Topliss-reactive ketones (excluding diaryl/α,β-unsaturated/α-hetero) is 1. The van der Waals surface area contributed by atoms with Crippen LogP contribution in [0.25, 0.3) is 0 Å². The first kappa shape index (κ1) is 12.8. The average molecular weight is 257 g/mol. The van der Waals surface area contributed by atoms with Gasteiger partial charge in [0.2, 0.25) is 0 Å².